The van der Waals surface area contributed by atoms with Crippen LogP contribution >= 0.6 is 11.5 Å². The van der Waals surface area contributed by atoms with Crippen molar-refractivity contribution in [1.29, 1.82) is 0 Å². The van der Waals surface area contributed by atoms with Crippen molar-refractivity contribution >= 4 is 34.2 Å². The predicted octanol–water partition coefficient (Wildman–Crippen LogP) is 3.84. The zero-order valence-corrected chi connectivity index (χ0v) is 16.6. The van der Waals surface area contributed by atoms with Crippen molar-refractivity contribution in [2.24, 2.45) is 0 Å². The average Bonchev–Trinajstić information content (AvgIpc) is 3.21. The Morgan fingerprint density at radius 1 is 1.18 bits per heavy atom. The van der Waals surface area contributed by atoms with Crippen molar-refractivity contribution in [2.45, 2.75) is 13.3 Å². The van der Waals surface area contributed by atoms with Gasteiger partial charge in [0.15, 0.2) is 5.82 Å². The summed E-state index contributed by atoms with van der Waals surface area (Å²) in [4.78, 5) is 30.7. The standard InChI is InChI=1S/C20H20N4O3S/c1-4-17(25)24(2)16-11-6-5-10-15(16)19(26)22-20-21-18(23-28-20)13-8-7-9-14(12-13)27-3/h5-12H,4H2,1-3H3,(H,21,22,23,26). The van der Waals surface area contributed by atoms with Crippen LogP contribution in [-0.4, -0.2) is 35.3 Å². The number of rotatable bonds is 6. The number of amides is 2. The molecule has 2 aromatic carbocycles. The monoisotopic (exact) mass is 396 g/mol. The van der Waals surface area contributed by atoms with E-state index in [1.54, 1.807) is 45.3 Å². The minimum Gasteiger partial charge on any atom is -0.497 e. The molecule has 2 amide bonds. The van der Waals surface area contributed by atoms with Gasteiger partial charge in [-0.15, -0.1) is 0 Å². The molecule has 1 N–H and O–H groups in total. The molecule has 0 spiro atoms. The maximum absolute atomic E-state index is 12.8. The highest BCUT2D eigenvalue weighted by molar-refractivity contribution is 7.10. The Labute approximate surface area is 167 Å². The van der Waals surface area contributed by atoms with Gasteiger partial charge in [-0.05, 0) is 24.3 Å². The molecule has 0 aliphatic rings. The third-order valence-electron chi connectivity index (χ3n) is 4.16. The fourth-order valence-electron chi connectivity index (χ4n) is 2.65. The number of nitrogens with zero attached hydrogens (tertiary/aromatic N) is 3. The van der Waals surface area contributed by atoms with Crippen LogP contribution in [0.25, 0.3) is 11.4 Å². The molecule has 0 saturated heterocycles. The van der Waals surface area contributed by atoms with E-state index in [2.05, 4.69) is 14.7 Å². The first-order valence-corrected chi connectivity index (χ1v) is 9.46. The summed E-state index contributed by atoms with van der Waals surface area (Å²) >= 11 is 1.09. The lowest BCUT2D eigenvalue weighted by atomic mass is 10.1. The first-order chi connectivity index (χ1) is 13.5. The molecular weight excluding hydrogens is 376 g/mol. The van der Waals surface area contributed by atoms with E-state index in [-0.39, 0.29) is 11.8 Å². The summed E-state index contributed by atoms with van der Waals surface area (Å²) in [6.07, 6.45) is 0.354. The molecule has 0 unspecified atom stereocenters. The van der Waals surface area contributed by atoms with E-state index in [0.717, 1.165) is 17.1 Å². The highest BCUT2D eigenvalue weighted by Crippen LogP contribution is 2.26. The minimum absolute atomic E-state index is 0.0727. The zero-order valence-electron chi connectivity index (χ0n) is 15.8. The van der Waals surface area contributed by atoms with Crippen molar-refractivity contribution < 1.29 is 14.3 Å². The molecule has 3 aromatic rings. The van der Waals surface area contributed by atoms with E-state index < -0.39 is 0 Å². The van der Waals surface area contributed by atoms with E-state index in [0.29, 0.717) is 34.4 Å². The van der Waals surface area contributed by atoms with E-state index in [1.165, 1.54) is 4.90 Å². The normalized spacial score (nSPS) is 10.4. The number of hydrogen-bond acceptors (Lipinski definition) is 6. The molecule has 3 rings (SSSR count). The van der Waals surface area contributed by atoms with Crippen LogP contribution in [0.2, 0.25) is 0 Å². The Hall–Kier alpha value is -3.26. The largest absolute Gasteiger partial charge is 0.497 e. The van der Waals surface area contributed by atoms with Gasteiger partial charge in [0.2, 0.25) is 11.0 Å². The van der Waals surface area contributed by atoms with Gasteiger partial charge < -0.3 is 9.64 Å². The number of para-hydroxylation sites is 1. The highest BCUT2D eigenvalue weighted by Gasteiger charge is 2.19. The number of anilines is 2. The molecule has 28 heavy (non-hydrogen) atoms. The summed E-state index contributed by atoms with van der Waals surface area (Å²) in [5, 5.41) is 3.14. The number of nitrogens with one attached hydrogen (secondary N) is 1. The molecule has 8 heteroatoms. The smallest absolute Gasteiger partial charge is 0.259 e. The quantitative estimate of drug-likeness (QED) is 0.684. The SMILES string of the molecule is CCC(=O)N(C)c1ccccc1C(=O)Nc1nc(-c2cccc(OC)c2)ns1. The fourth-order valence-corrected chi connectivity index (χ4v) is 3.23. The third-order valence-corrected chi connectivity index (χ3v) is 4.79. The number of carbonyl (C=O) groups is 2. The second kappa shape index (κ2) is 8.62. The highest BCUT2D eigenvalue weighted by atomic mass is 32.1. The molecule has 1 aromatic heterocycles. The Morgan fingerprint density at radius 3 is 2.71 bits per heavy atom. The van der Waals surface area contributed by atoms with Crippen LogP contribution in [0.3, 0.4) is 0 Å². The molecule has 144 valence electrons. The van der Waals surface area contributed by atoms with E-state index >= 15 is 0 Å². The van der Waals surface area contributed by atoms with Crippen molar-refractivity contribution in [1.82, 2.24) is 9.36 Å². The summed E-state index contributed by atoms with van der Waals surface area (Å²) in [7, 11) is 3.25. The molecule has 1 heterocycles. The second-order valence-electron chi connectivity index (χ2n) is 5.93. The van der Waals surface area contributed by atoms with Crippen LogP contribution in [-0.2, 0) is 4.79 Å². The van der Waals surface area contributed by atoms with Crippen LogP contribution in [0.5, 0.6) is 5.75 Å². The van der Waals surface area contributed by atoms with Gasteiger partial charge in [0, 0.05) is 30.6 Å². The van der Waals surface area contributed by atoms with E-state index in [4.69, 9.17) is 4.74 Å². The molecule has 0 fully saturated rings. The molecule has 0 saturated carbocycles. The van der Waals surface area contributed by atoms with Crippen molar-refractivity contribution in [2.75, 3.05) is 24.4 Å². The fraction of sp³-hybridized carbons (Fsp3) is 0.200. The van der Waals surface area contributed by atoms with E-state index in [1.807, 2.05) is 24.3 Å². The first-order valence-electron chi connectivity index (χ1n) is 8.68. The van der Waals surface area contributed by atoms with Gasteiger partial charge in [0.25, 0.3) is 5.91 Å². The number of methoxy groups -OCH3 is 1. The van der Waals surface area contributed by atoms with Gasteiger partial charge in [-0.1, -0.05) is 31.2 Å². The lowest BCUT2D eigenvalue weighted by Crippen LogP contribution is -2.27. The van der Waals surface area contributed by atoms with Crippen molar-refractivity contribution in [3.05, 3.63) is 54.1 Å². The van der Waals surface area contributed by atoms with Gasteiger partial charge in [0.1, 0.15) is 5.75 Å². The van der Waals surface area contributed by atoms with Gasteiger partial charge in [-0.3, -0.25) is 14.9 Å². The van der Waals surface area contributed by atoms with Crippen LogP contribution in [0, 0.1) is 0 Å². The molecule has 0 bridgehead atoms. The summed E-state index contributed by atoms with van der Waals surface area (Å²) in [5.74, 6) is 0.789. The number of aromatic nitrogens is 2. The van der Waals surface area contributed by atoms with Gasteiger partial charge in [-0.25, -0.2) is 0 Å². The van der Waals surface area contributed by atoms with Crippen LogP contribution < -0.4 is 15.0 Å². The third kappa shape index (κ3) is 4.17. The second-order valence-corrected chi connectivity index (χ2v) is 6.68. The van der Waals surface area contributed by atoms with Gasteiger partial charge in [0.05, 0.1) is 18.4 Å². The Balaban J connectivity index is 1.81. The molecule has 0 aliphatic carbocycles. The molecule has 7 nitrogen and oxygen atoms in total. The molecule has 0 aliphatic heterocycles. The summed E-state index contributed by atoms with van der Waals surface area (Å²) in [6, 6.07) is 14.3. The Bertz CT molecular complexity index is 1000. The Kier molecular flexibility index (Phi) is 6.00. The lowest BCUT2D eigenvalue weighted by molar-refractivity contribution is -0.118. The summed E-state index contributed by atoms with van der Waals surface area (Å²) in [5.41, 5.74) is 1.74. The van der Waals surface area contributed by atoms with Crippen LogP contribution in [0.4, 0.5) is 10.8 Å². The number of ether oxygens (including phenoxy) is 1. The van der Waals surface area contributed by atoms with Crippen LogP contribution in [0.15, 0.2) is 48.5 Å². The zero-order chi connectivity index (χ0) is 20.1. The molecular formula is C20H20N4O3S. The average molecular weight is 396 g/mol. The Morgan fingerprint density at radius 2 is 1.96 bits per heavy atom. The number of carbonyl (C=O) groups excluding carboxylic acids is 2. The van der Waals surface area contributed by atoms with E-state index in [9.17, 15) is 9.59 Å². The van der Waals surface area contributed by atoms with Gasteiger partial charge in [-0.2, -0.15) is 9.36 Å². The summed E-state index contributed by atoms with van der Waals surface area (Å²) in [6.45, 7) is 1.78. The van der Waals surface area contributed by atoms with Crippen molar-refractivity contribution in [3.63, 3.8) is 0 Å². The van der Waals surface area contributed by atoms with Gasteiger partial charge >= 0.3 is 0 Å². The lowest BCUT2D eigenvalue weighted by Gasteiger charge is -2.19. The predicted molar refractivity (Wildman–Crippen MR) is 110 cm³/mol. The van der Waals surface area contributed by atoms with Crippen LogP contribution in [0.1, 0.15) is 23.7 Å². The topological polar surface area (TPSA) is 84.4 Å². The summed E-state index contributed by atoms with van der Waals surface area (Å²) < 4.78 is 9.52. The van der Waals surface area contributed by atoms with Crippen molar-refractivity contribution in [3.8, 4) is 17.1 Å². The maximum atomic E-state index is 12.8. The minimum atomic E-state index is -0.348. The molecule has 0 radical (unpaired) electrons. The first kappa shape index (κ1) is 19.5. The number of benzene rings is 2. The maximum Gasteiger partial charge on any atom is 0.259 e. The number of hydrogen-bond donors (Lipinski definition) is 1. The molecule has 0 atom stereocenters.